The van der Waals surface area contributed by atoms with Gasteiger partial charge in [-0.1, -0.05) is 42.0 Å². The van der Waals surface area contributed by atoms with Crippen molar-refractivity contribution in [1.82, 2.24) is 4.98 Å². The molecule has 0 saturated carbocycles. The van der Waals surface area contributed by atoms with E-state index in [1.165, 1.54) is 12.7 Å². The van der Waals surface area contributed by atoms with E-state index in [9.17, 15) is 9.90 Å². The summed E-state index contributed by atoms with van der Waals surface area (Å²) in [6.45, 7) is 1.54. The molecular formula is C21H18NO4S-. The van der Waals surface area contributed by atoms with Crippen molar-refractivity contribution >= 4 is 29.5 Å². The third-order valence-corrected chi connectivity index (χ3v) is 4.63. The lowest BCUT2D eigenvalue weighted by Crippen LogP contribution is -2.29. The molecule has 27 heavy (non-hydrogen) atoms. The van der Waals surface area contributed by atoms with E-state index in [2.05, 4.69) is 36.2 Å². The standard InChI is InChI=1S/C21H19NO4S/c1-14-3-7-16(8-4-14)17-13-27-20(22-17)10-6-15-5-9-18(19(11-15)25-2)26-12-21(23)24/h3-11,13H,12H2,1-2H3,(H,23,24)/p-1/b10-6+. The molecule has 0 aliphatic rings. The second kappa shape index (κ2) is 8.51. The first-order valence-corrected chi connectivity index (χ1v) is 9.14. The molecule has 138 valence electrons. The van der Waals surface area contributed by atoms with Crippen LogP contribution in [0.4, 0.5) is 0 Å². The molecule has 1 heterocycles. The van der Waals surface area contributed by atoms with Gasteiger partial charge in [0.05, 0.1) is 18.8 Å². The van der Waals surface area contributed by atoms with Crippen molar-refractivity contribution in [2.75, 3.05) is 13.7 Å². The van der Waals surface area contributed by atoms with E-state index in [-0.39, 0.29) is 0 Å². The third kappa shape index (κ3) is 4.95. The molecule has 0 bridgehead atoms. The average Bonchev–Trinajstić information content (AvgIpc) is 3.14. The molecule has 0 radical (unpaired) electrons. The number of nitrogens with zero attached hydrogens (tertiary/aromatic N) is 1. The molecule has 0 unspecified atom stereocenters. The van der Waals surface area contributed by atoms with Gasteiger partial charge in [0.15, 0.2) is 11.5 Å². The Balaban J connectivity index is 1.74. The summed E-state index contributed by atoms with van der Waals surface area (Å²) in [7, 11) is 1.50. The summed E-state index contributed by atoms with van der Waals surface area (Å²) < 4.78 is 10.4. The van der Waals surface area contributed by atoms with Gasteiger partial charge in [0.25, 0.3) is 0 Å². The summed E-state index contributed by atoms with van der Waals surface area (Å²) in [5.41, 5.74) is 4.14. The number of carbonyl (C=O) groups is 1. The number of aromatic nitrogens is 1. The molecule has 0 atom stereocenters. The van der Waals surface area contributed by atoms with Crippen LogP contribution in [0.25, 0.3) is 23.4 Å². The summed E-state index contributed by atoms with van der Waals surface area (Å²) in [5, 5.41) is 13.4. The van der Waals surface area contributed by atoms with Crippen LogP contribution in [0.15, 0.2) is 47.8 Å². The normalized spacial score (nSPS) is 10.9. The summed E-state index contributed by atoms with van der Waals surface area (Å²) in [6, 6.07) is 13.5. The monoisotopic (exact) mass is 380 g/mol. The summed E-state index contributed by atoms with van der Waals surface area (Å²) in [6.07, 6.45) is 3.85. The highest BCUT2D eigenvalue weighted by Gasteiger charge is 2.06. The minimum absolute atomic E-state index is 0.356. The second-order valence-electron chi connectivity index (χ2n) is 5.84. The molecule has 0 aliphatic carbocycles. The lowest BCUT2D eigenvalue weighted by molar-refractivity contribution is -0.307. The number of ether oxygens (including phenoxy) is 2. The van der Waals surface area contributed by atoms with Gasteiger partial charge >= 0.3 is 0 Å². The molecular weight excluding hydrogens is 362 g/mol. The van der Waals surface area contributed by atoms with Crippen LogP contribution < -0.4 is 14.6 Å². The summed E-state index contributed by atoms with van der Waals surface area (Å²) >= 11 is 1.57. The van der Waals surface area contributed by atoms with E-state index in [0.29, 0.717) is 11.5 Å². The first-order valence-electron chi connectivity index (χ1n) is 8.26. The predicted molar refractivity (Wildman–Crippen MR) is 105 cm³/mol. The SMILES string of the molecule is COc1cc(/C=C/c2nc(-c3ccc(C)cc3)cs2)ccc1OCC(=O)[O-]. The Hall–Kier alpha value is -3.12. The van der Waals surface area contributed by atoms with Gasteiger partial charge in [0.2, 0.25) is 0 Å². The summed E-state index contributed by atoms with van der Waals surface area (Å²) in [5.74, 6) is -0.471. The maximum Gasteiger partial charge on any atom is 0.161 e. The molecule has 0 saturated heterocycles. The van der Waals surface area contributed by atoms with Crippen LogP contribution in [0.5, 0.6) is 11.5 Å². The quantitative estimate of drug-likeness (QED) is 0.628. The molecule has 0 amide bonds. The molecule has 0 spiro atoms. The maximum absolute atomic E-state index is 10.5. The van der Waals surface area contributed by atoms with E-state index in [1.54, 1.807) is 23.5 Å². The average molecular weight is 380 g/mol. The van der Waals surface area contributed by atoms with Crippen molar-refractivity contribution < 1.29 is 19.4 Å². The van der Waals surface area contributed by atoms with Gasteiger partial charge in [-0.25, -0.2) is 4.98 Å². The number of carboxylic acids is 1. The van der Waals surface area contributed by atoms with Gasteiger partial charge in [-0.2, -0.15) is 0 Å². The van der Waals surface area contributed by atoms with Crippen LogP contribution in [0.3, 0.4) is 0 Å². The fraction of sp³-hybridized carbons (Fsp3) is 0.143. The Morgan fingerprint density at radius 1 is 1.15 bits per heavy atom. The minimum atomic E-state index is -1.28. The third-order valence-electron chi connectivity index (χ3n) is 3.82. The zero-order chi connectivity index (χ0) is 19.2. The highest BCUT2D eigenvalue weighted by molar-refractivity contribution is 7.10. The lowest BCUT2D eigenvalue weighted by atomic mass is 10.1. The molecule has 3 rings (SSSR count). The van der Waals surface area contributed by atoms with Gasteiger partial charge in [0, 0.05) is 10.9 Å². The largest absolute Gasteiger partial charge is 0.546 e. The molecule has 0 N–H and O–H groups in total. The van der Waals surface area contributed by atoms with Crippen molar-refractivity contribution in [1.29, 1.82) is 0 Å². The second-order valence-corrected chi connectivity index (χ2v) is 6.73. The number of benzene rings is 2. The fourth-order valence-corrected chi connectivity index (χ4v) is 3.15. The van der Waals surface area contributed by atoms with Crippen LogP contribution in [-0.2, 0) is 4.79 Å². The lowest BCUT2D eigenvalue weighted by Gasteiger charge is -2.11. The van der Waals surface area contributed by atoms with Gasteiger partial charge in [-0.05, 0) is 30.7 Å². The highest BCUT2D eigenvalue weighted by atomic mass is 32.1. The van der Waals surface area contributed by atoms with Crippen molar-refractivity contribution in [3.8, 4) is 22.8 Å². The van der Waals surface area contributed by atoms with Gasteiger partial charge in [0.1, 0.15) is 11.6 Å². The van der Waals surface area contributed by atoms with Gasteiger partial charge < -0.3 is 19.4 Å². The zero-order valence-corrected chi connectivity index (χ0v) is 15.8. The Bertz CT molecular complexity index is 961. The number of methoxy groups -OCH3 is 1. The number of aliphatic carboxylic acids is 1. The van der Waals surface area contributed by atoms with Crippen LogP contribution in [0.2, 0.25) is 0 Å². The van der Waals surface area contributed by atoms with E-state index in [1.807, 2.05) is 23.6 Å². The molecule has 3 aromatic rings. The van der Waals surface area contributed by atoms with Crippen LogP contribution in [-0.4, -0.2) is 24.7 Å². The number of hydrogen-bond donors (Lipinski definition) is 0. The number of carbonyl (C=O) groups excluding carboxylic acids is 1. The number of rotatable bonds is 7. The smallest absolute Gasteiger partial charge is 0.161 e. The number of carboxylic acid groups (broad SMARTS) is 1. The Kier molecular flexibility index (Phi) is 5.88. The molecule has 0 aliphatic heterocycles. The van der Waals surface area contributed by atoms with Crippen molar-refractivity contribution in [2.24, 2.45) is 0 Å². The van der Waals surface area contributed by atoms with E-state index >= 15 is 0 Å². The van der Waals surface area contributed by atoms with Crippen molar-refractivity contribution in [2.45, 2.75) is 6.92 Å². The predicted octanol–water partition coefficient (Wildman–Crippen LogP) is 3.43. The van der Waals surface area contributed by atoms with E-state index in [4.69, 9.17) is 9.47 Å². The van der Waals surface area contributed by atoms with Crippen LogP contribution in [0.1, 0.15) is 16.1 Å². The Morgan fingerprint density at radius 3 is 2.63 bits per heavy atom. The van der Waals surface area contributed by atoms with Crippen molar-refractivity contribution in [3.63, 3.8) is 0 Å². The summed E-state index contributed by atoms with van der Waals surface area (Å²) in [4.78, 5) is 15.2. The van der Waals surface area contributed by atoms with Gasteiger partial charge in [-0.3, -0.25) is 0 Å². The number of hydrogen-bond acceptors (Lipinski definition) is 6. The van der Waals surface area contributed by atoms with Crippen molar-refractivity contribution in [3.05, 3.63) is 64.0 Å². The topological polar surface area (TPSA) is 71.5 Å². The van der Waals surface area contributed by atoms with Crippen LogP contribution >= 0.6 is 11.3 Å². The number of thiazole rings is 1. The molecule has 6 heteroatoms. The number of aryl methyl sites for hydroxylation is 1. The van der Waals surface area contributed by atoms with E-state index < -0.39 is 12.6 Å². The fourth-order valence-electron chi connectivity index (χ4n) is 2.43. The minimum Gasteiger partial charge on any atom is -0.546 e. The zero-order valence-electron chi connectivity index (χ0n) is 15.0. The maximum atomic E-state index is 10.5. The van der Waals surface area contributed by atoms with Gasteiger partial charge in [-0.15, -0.1) is 11.3 Å². The molecule has 5 nitrogen and oxygen atoms in total. The van der Waals surface area contributed by atoms with Crippen LogP contribution in [0, 0.1) is 6.92 Å². The van der Waals surface area contributed by atoms with E-state index in [0.717, 1.165) is 21.8 Å². The first kappa shape index (κ1) is 18.7. The molecule has 0 fully saturated rings. The Labute approximate surface area is 161 Å². The molecule has 2 aromatic carbocycles. The Morgan fingerprint density at radius 2 is 1.93 bits per heavy atom. The molecule has 1 aromatic heterocycles. The highest BCUT2D eigenvalue weighted by Crippen LogP contribution is 2.29. The first-order chi connectivity index (χ1) is 13.0.